The van der Waals surface area contributed by atoms with E-state index in [1.165, 1.54) is 32.1 Å². The van der Waals surface area contributed by atoms with E-state index in [9.17, 15) is 4.79 Å². The second-order valence-electron chi connectivity index (χ2n) is 3.75. The highest BCUT2D eigenvalue weighted by molar-refractivity contribution is 5.94. The summed E-state index contributed by atoms with van der Waals surface area (Å²) in [4.78, 5) is 10.8. The van der Waals surface area contributed by atoms with Crippen LogP contribution in [0.25, 0.3) is 0 Å². The largest absolute Gasteiger partial charge is 0.453 e. The average Bonchev–Trinajstić information content (AvgIpc) is 2.15. The van der Waals surface area contributed by atoms with Crippen molar-refractivity contribution in [3.05, 3.63) is 12.2 Å². The first-order chi connectivity index (χ1) is 5.79. The molecule has 66 valence electrons. The van der Waals surface area contributed by atoms with E-state index in [1.54, 1.807) is 0 Å². The molecule has 2 heteroatoms. The molecule has 2 aliphatic rings. The number of hydrogen-bond acceptors (Lipinski definition) is 2. The molecule has 0 aromatic carbocycles. The van der Waals surface area contributed by atoms with Crippen LogP contribution in [0.4, 0.5) is 0 Å². The Morgan fingerprint density at radius 3 is 2.42 bits per heavy atom. The first kappa shape index (κ1) is 7.84. The van der Waals surface area contributed by atoms with E-state index in [2.05, 4.69) is 6.58 Å². The van der Waals surface area contributed by atoms with Crippen molar-refractivity contribution in [1.29, 1.82) is 0 Å². The Morgan fingerprint density at radius 1 is 1.25 bits per heavy atom. The fourth-order valence-corrected chi connectivity index (χ4v) is 2.14. The van der Waals surface area contributed by atoms with Crippen molar-refractivity contribution in [3.63, 3.8) is 0 Å². The fourth-order valence-electron chi connectivity index (χ4n) is 2.14. The van der Waals surface area contributed by atoms with Gasteiger partial charge in [0.25, 0.3) is 0 Å². The van der Waals surface area contributed by atoms with Crippen molar-refractivity contribution >= 4 is 5.97 Å². The van der Waals surface area contributed by atoms with Gasteiger partial charge in [-0.05, 0) is 12.8 Å². The Balaban J connectivity index is 1.92. The van der Waals surface area contributed by atoms with E-state index in [0.717, 1.165) is 0 Å². The Bertz CT molecular complexity index is 214. The SMILES string of the molecule is C=C1C(=O)OC1C1CCCCC1. The zero-order valence-corrected chi connectivity index (χ0v) is 7.21. The highest BCUT2D eigenvalue weighted by Gasteiger charge is 2.40. The maximum atomic E-state index is 10.8. The second-order valence-corrected chi connectivity index (χ2v) is 3.75. The van der Waals surface area contributed by atoms with Crippen LogP contribution in [0.5, 0.6) is 0 Å². The summed E-state index contributed by atoms with van der Waals surface area (Å²) in [6.45, 7) is 3.72. The van der Waals surface area contributed by atoms with Gasteiger partial charge in [0, 0.05) is 5.92 Å². The summed E-state index contributed by atoms with van der Waals surface area (Å²) in [5.74, 6) is 0.384. The smallest absolute Gasteiger partial charge is 0.337 e. The summed E-state index contributed by atoms with van der Waals surface area (Å²) in [5.41, 5.74) is 0.696. The normalized spacial score (nSPS) is 31.2. The molecular formula is C10H14O2. The van der Waals surface area contributed by atoms with Crippen LogP contribution in [-0.4, -0.2) is 12.1 Å². The number of esters is 1. The van der Waals surface area contributed by atoms with Crippen molar-refractivity contribution in [2.45, 2.75) is 38.2 Å². The standard InChI is InChI=1S/C10H14O2/c1-7-9(12-10(7)11)8-5-3-2-4-6-8/h8-9H,1-6H2. The highest BCUT2D eigenvalue weighted by Crippen LogP contribution is 2.35. The Kier molecular flexibility index (Phi) is 1.91. The Labute approximate surface area is 72.6 Å². The van der Waals surface area contributed by atoms with Crippen LogP contribution in [0.2, 0.25) is 0 Å². The second kappa shape index (κ2) is 2.92. The van der Waals surface area contributed by atoms with Gasteiger partial charge < -0.3 is 4.74 Å². The van der Waals surface area contributed by atoms with Gasteiger partial charge in [-0.15, -0.1) is 0 Å². The molecule has 1 atom stereocenters. The number of cyclic esters (lactones) is 1. The number of carbonyl (C=O) groups excluding carboxylic acids is 1. The van der Waals surface area contributed by atoms with Gasteiger partial charge in [0.05, 0.1) is 5.57 Å². The zero-order chi connectivity index (χ0) is 8.55. The van der Waals surface area contributed by atoms with Crippen LogP contribution in [0.15, 0.2) is 12.2 Å². The lowest BCUT2D eigenvalue weighted by molar-refractivity contribution is -0.160. The minimum Gasteiger partial charge on any atom is -0.453 e. The van der Waals surface area contributed by atoms with Gasteiger partial charge in [-0.3, -0.25) is 0 Å². The quantitative estimate of drug-likeness (QED) is 0.440. The van der Waals surface area contributed by atoms with Crippen LogP contribution in [0.1, 0.15) is 32.1 Å². The van der Waals surface area contributed by atoms with Crippen LogP contribution >= 0.6 is 0 Å². The number of ether oxygens (including phenoxy) is 1. The van der Waals surface area contributed by atoms with E-state index < -0.39 is 0 Å². The first-order valence-electron chi connectivity index (χ1n) is 4.69. The molecule has 1 saturated heterocycles. The zero-order valence-electron chi connectivity index (χ0n) is 7.21. The van der Waals surface area contributed by atoms with Gasteiger partial charge in [-0.1, -0.05) is 25.8 Å². The summed E-state index contributed by atoms with van der Waals surface area (Å²) in [5, 5.41) is 0. The molecule has 12 heavy (non-hydrogen) atoms. The monoisotopic (exact) mass is 166 g/mol. The molecule has 1 heterocycles. The molecule has 0 spiro atoms. The Hall–Kier alpha value is -0.790. The number of carbonyl (C=O) groups is 1. The van der Waals surface area contributed by atoms with E-state index >= 15 is 0 Å². The molecule has 0 N–H and O–H groups in total. The maximum Gasteiger partial charge on any atom is 0.337 e. The molecule has 1 saturated carbocycles. The van der Waals surface area contributed by atoms with Crippen LogP contribution in [-0.2, 0) is 9.53 Å². The molecule has 0 amide bonds. The lowest BCUT2D eigenvalue weighted by Gasteiger charge is -2.36. The van der Waals surface area contributed by atoms with Crippen molar-refractivity contribution < 1.29 is 9.53 Å². The molecule has 1 unspecified atom stereocenters. The van der Waals surface area contributed by atoms with Gasteiger partial charge in [0.1, 0.15) is 6.10 Å². The predicted octanol–water partition coefficient (Wildman–Crippen LogP) is 2.05. The lowest BCUT2D eigenvalue weighted by Crippen LogP contribution is -2.42. The number of hydrogen-bond donors (Lipinski definition) is 0. The predicted molar refractivity (Wildman–Crippen MR) is 45.6 cm³/mol. The minimum absolute atomic E-state index is 0.0674. The molecule has 0 aromatic rings. The first-order valence-corrected chi connectivity index (χ1v) is 4.69. The van der Waals surface area contributed by atoms with Crippen molar-refractivity contribution in [2.24, 2.45) is 5.92 Å². The van der Waals surface area contributed by atoms with Crippen molar-refractivity contribution in [3.8, 4) is 0 Å². The fraction of sp³-hybridized carbons (Fsp3) is 0.700. The lowest BCUT2D eigenvalue weighted by atomic mass is 9.81. The molecular weight excluding hydrogens is 152 g/mol. The van der Waals surface area contributed by atoms with Crippen LogP contribution < -0.4 is 0 Å². The van der Waals surface area contributed by atoms with Crippen LogP contribution in [0, 0.1) is 5.92 Å². The molecule has 0 bridgehead atoms. The van der Waals surface area contributed by atoms with Crippen LogP contribution in [0.3, 0.4) is 0 Å². The van der Waals surface area contributed by atoms with E-state index in [1.807, 2.05) is 0 Å². The summed E-state index contributed by atoms with van der Waals surface area (Å²) >= 11 is 0. The number of rotatable bonds is 1. The summed E-state index contributed by atoms with van der Waals surface area (Å²) < 4.78 is 5.05. The molecule has 2 fully saturated rings. The third-order valence-electron chi connectivity index (χ3n) is 2.92. The van der Waals surface area contributed by atoms with E-state index in [0.29, 0.717) is 11.5 Å². The molecule has 2 nitrogen and oxygen atoms in total. The van der Waals surface area contributed by atoms with Gasteiger partial charge in [-0.25, -0.2) is 4.79 Å². The average molecular weight is 166 g/mol. The van der Waals surface area contributed by atoms with Gasteiger partial charge in [-0.2, -0.15) is 0 Å². The molecule has 0 radical (unpaired) electrons. The summed E-state index contributed by atoms with van der Waals surface area (Å²) in [6, 6.07) is 0. The maximum absolute atomic E-state index is 10.8. The molecule has 1 aliphatic carbocycles. The van der Waals surface area contributed by atoms with Gasteiger partial charge in [0.2, 0.25) is 0 Å². The van der Waals surface area contributed by atoms with Crippen molar-refractivity contribution in [2.75, 3.05) is 0 Å². The third-order valence-corrected chi connectivity index (χ3v) is 2.92. The van der Waals surface area contributed by atoms with Gasteiger partial charge in [0.15, 0.2) is 0 Å². The molecule has 1 aliphatic heterocycles. The van der Waals surface area contributed by atoms with E-state index in [-0.39, 0.29) is 12.1 Å². The summed E-state index contributed by atoms with van der Waals surface area (Å²) in [7, 11) is 0. The van der Waals surface area contributed by atoms with E-state index in [4.69, 9.17) is 4.74 Å². The molecule has 2 rings (SSSR count). The minimum atomic E-state index is -0.189. The Morgan fingerprint density at radius 2 is 1.92 bits per heavy atom. The third kappa shape index (κ3) is 1.15. The topological polar surface area (TPSA) is 26.3 Å². The highest BCUT2D eigenvalue weighted by atomic mass is 16.6. The molecule has 0 aromatic heterocycles. The van der Waals surface area contributed by atoms with Crippen molar-refractivity contribution in [1.82, 2.24) is 0 Å². The van der Waals surface area contributed by atoms with Gasteiger partial charge >= 0.3 is 5.97 Å². The summed E-state index contributed by atoms with van der Waals surface area (Å²) in [6.07, 6.45) is 6.38.